The van der Waals surface area contributed by atoms with Gasteiger partial charge in [-0.2, -0.15) is 0 Å². The Morgan fingerprint density at radius 2 is 2.36 bits per heavy atom. The second kappa shape index (κ2) is 3.25. The number of aryl methyl sites for hydroxylation is 1. The summed E-state index contributed by atoms with van der Waals surface area (Å²) in [5, 5.41) is 9.01. The third-order valence-electron chi connectivity index (χ3n) is 1.40. The molecule has 1 rings (SSSR count). The zero-order valence-corrected chi connectivity index (χ0v) is 6.19. The van der Waals surface area contributed by atoms with E-state index >= 15 is 0 Å². The fourth-order valence-electron chi connectivity index (χ4n) is 0.733. The average Bonchev–Trinajstić information content (AvgIpc) is 2.05. The molecule has 3 heteroatoms. The van der Waals surface area contributed by atoms with Gasteiger partial charge in [0, 0.05) is 17.5 Å². The predicted molar refractivity (Wildman–Crippen MR) is 40.0 cm³/mol. The quantitative estimate of drug-likeness (QED) is 0.630. The number of hydrogen-bond donors (Lipinski definition) is 1. The topological polar surface area (TPSA) is 50.2 Å². The number of pyridine rings is 1. The Balaban J connectivity index is 2.89. The molecule has 1 aromatic rings. The van der Waals surface area contributed by atoms with Crippen molar-refractivity contribution >= 4 is 6.29 Å². The highest BCUT2D eigenvalue weighted by Gasteiger charge is 2.03. The van der Waals surface area contributed by atoms with Crippen LogP contribution in [0.2, 0.25) is 0 Å². The zero-order valence-electron chi connectivity index (χ0n) is 6.19. The molecule has 0 spiro atoms. The fraction of sp³-hybridized carbons (Fsp3) is 0.250. The Hall–Kier alpha value is -1.22. The van der Waals surface area contributed by atoms with E-state index in [2.05, 4.69) is 4.98 Å². The number of carbonyl (C=O) groups excluding carboxylic acids is 1. The predicted octanol–water partition coefficient (Wildman–Crippen LogP) is 0.622. The minimum Gasteiger partial charge on any atom is -0.381 e. The summed E-state index contributed by atoms with van der Waals surface area (Å²) >= 11 is 0. The van der Waals surface area contributed by atoms with Crippen molar-refractivity contribution in [2.45, 2.75) is 13.0 Å². The zero-order chi connectivity index (χ0) is 8.27. The highest BCUT2D eigenvalue weighted by molar-refractivity contribution is 5.58. The van der Waals surface area contributed by atoms with Gasteiger partial charge in [-0.15, -0.1) is 0 Å². The van der Waals surface area contributed by atoms with E-state index in [1.54, 1.807) is 12.1 Å². The van der Waals surface area contributed by atoms with Crippen molar-refractivity contribution in [3.05, 3.63) is 29.6 Å². The van der Waals surface area contributed by atoms with Crippen LogP contribution in [-0.4, -0.2) is 16.4 Å². The number of aldehydes is 1. The van der Waals surface area contributed by atoms with Crippen LogP contribution >= 0.6 is 0 Å². The number of aliphatic hydroxyl groups is 1. The third-order valence-corrected chi connectivity index (χ3v) is 1.40. The van der Waals surface area contributed by atoms with Crippen LogP contribution in [-0.2, 0) is 4.79 Å². The van der Waals surface area contributed by atoms with Crippen LogP contribution in [0.4, 0.5) is 0 Å². The van der Waals surface area contributed by atoms with E-state index in [-0.39, 0.29) is 0 Å². The molecule has 1 unspecified atom stereocenters. The summed E-state index contributed by atoms with van der Waals surface area (Å²) in [7, 11) is 0. The van der Waals surface area contributed by atoms with E-state index in [1.807, 2.05) is 6.92 Å². The van der Waals surface area contributed by atoms with Crippen molar-refractivity contribution in [1.29, 1.82) is 0 Å². The van der Waals surface area contributed by atoms with Crippen LogP contribution in [0.1, 0.15) is 17.4 Å². The van der Waals surface area contributed by atoms with E-state index in [0.29, 0.717) is 11.8 Å². The summed E-state index contributed by atoms with van der Waals surface area (Å²) in [6.07, 6.45) is 0.934. The maximum absolute atomic E-state index is 10.1. The molecular weight excluding hydrogens is 142 g/mol. The molecule has 0 aliphatic carbocycles. The Morgan fingerprint density at radius 1 is 1.64 bits per heavy atom. The maximum atomic E-state index is 10.1. The van der Waals surface area contributed by atoms with Crippen LogP contribution in [0.5, 0.6) is 0 Å². The summed E-state index contributed by atoms with van der Waals surface area (Å²) in [6, 6.07) is 3.43. The van der Waals surface area contributed by atoms with Gasteiger partial charge in [0.25, 0.3) is 0 Å². The van der Waals surface area contributed by atoms with Gasteiger partial charge in [0.15, 0.2) is 6.29 Å². The number of rotatable bonds is 2. The lowest BCUT2D eigenvalue weighted by atomic mass is 10.2. The van der Waals surface area contributed by atoms with Gasteiger partial charge in [-0.05, 0) is 13.0 Å². The van der Waals surface area contributed by atoms with E-state index in [0.717, 1.165) is 5.69 Å². The Labute approximate surface area is 64.7 Å². The molecule has 0 saturated carbocycles. The summed E-state index contributed by atoms with van der Waals surface area (Å²) in [6.45, 7) is 1.84. The summed E-state index contributed by atoms with van der Waals surface area (Å²) in [5.41, 5.74) is 1.40. The first-order valence-electron chi connectivity index (χ1n) is 3.30. The number of carbonyl (C=O) groups is 1. The standard InChI is InChI=1S/C8H9NO2/c1-6-2-3-7(4-9-6)8(11)5-10/h2-5,8,11H,1H3. The molecule has 1 N–H and O–H groups in total. The van der Waals surface area contributed by atoms with Gasteiger partial charge in [-0.1, -0.05) is 6.07 Å². The van der Waals surface area contributed by atoms with Crippen molar-refractivity contribution in [3.63, 3.8) is 0 Å². The van der Waals surface area contributed by atoms with Crippen molar-refractivity contribution in [2.24, 2.45) is 0 Å². The van der Waals surface area contributed by atoms with Gasteiger partial charge in [0.05, 0.1) is 0 Å². The molecule has 0 saturated heterocycles. The second-order valence-electron chi connectivity index (χ2n) is 2.31. The van der Waals surface area contributed by atoms with E-state index < -0.39 is 6.10 Å². The maximum Gasteiger partial charge on any atom is 0.153 e. The molecule has 0 bridgehead atoms. The lowest BCUT2D eigenvalue weighted by Gasteiger charge is -2.01. The molecule has 0 radical (unpaired) electrons. The van der Waals surface area contributed by atoms with E-state index in [4.69, 9.17) is 5.11 Å². The lowest BCUT2D eigenvalue weighted by Crippen LogP contribution is -1.98. The number of hydrogen-bond acceptors (Lipinski definition) is 3. The molecule has 0 fully saturated rings. The SMILES string of the molecule is Cc1ccc(C(O)C=O)cn1. The van der Waals surface area contributed by atoms with E-state index in [9.17, 15) is 4.79 Å². The van der Waals surface area contributed by atoms with Crippen LogP contribution in [0.25, 0.3) is 0 Å². The largest absolute Gasteiger partial charge is 0.381 e. The molecule has 0 aliphatic rings. The minimum absolute atomic E-state index is 0.479. The highest BCUT2D eigenvalue weighted by Crippen LogP contribution is 2.08. The number of aromatic nitrogens is 1. The molecule has 58 valence electrons. The first-order valence-corrected chi connectivity index (χ1v) is 3.30. The molecular formula is C8H9NO2. The first-order chi connectivity index (χ1) is 5.24. The van der Waals surface area contributed by atoms with Crippen molar-refractivity contribution in [3.8, 4) is 0 Å². The Morgan fingerprint density at radius 3 is 2.82 bits per heavy atom. The molecule has 3 nitrogen and oxygen atoms in total. The third kappa shape index (κ3) is 1.85. The van der Waals surface area contributed by atoms with Gasteiger partial charge in [0.2, 0.25) is 0 Å². The molecule has 0 amide bonds. The van der Waals surface area contributed by atoms with Gasteiger partial charge >= 0.3 is 0 Å². The lowest BCUT2D eigenvalue weighted by molar-refractivity contribution is -0.115. The second-order valence-corrected chi connectivity index (χ2v) is 2.31. The van der Waals surface area contributed by atoms with Crippen LogP contribution in [0, 0.1) is 6.92 Å². The Kier molecular flexibility index (Phi) is 2.33. The molecule has 1 heterocycles. The summed E-state index contributed by atoms with van der Waals surface area (Å²) < 4.78 is 0. The fourth-order valence-corrected chi connectivity index (χ4v) is 0.733. The first kappa shape index (κ1) is 7.88. The summed E-state index contributed by atoms with van der Waals surface area (Å²) in [4.78, 5) is 14.0. The monoisotopic (exact) mass is 151 g/mol. The molecule has 1 atom stereocenters. The van der Waals surface area contributed by atoms with Crippen LogP contribution in [0.15, 0.2) is 18.3 Å². The van der Waals surface area contributed by atoms with Crippen LogP contribution < -0.4 is 0 Å². The van der Waals surface area contributed by atoms with Gasteiger partial charge in [-0.3, -0.25) is 4.98 Å². The highest BCUT2D eigenvalue weighted by atomic mass is 16.3. The molecule has 0 aromatic carbocycles. The summed E-state index contributed by atoms with van der Waals surface area (Å²) in [5.74, 6) is 0. The van der Waals surface area contributed by atoms with E-state index in [1.165, 1.54) is 6.20 Å². The minimum atomic E-state index is -1.04. The van der Waals surface area contributed by atoms with Gasteiger partial charge < -0.3 is 9.90 Å². The Bertz CT molecular complexity index is 243. The molecule has 1 aromatic heterocycles. The van der Waals surface area contributed by atoms with Crippen molar-refractivity contribution in [2.75, 3.05) is 0 Å². The van der Waals surface area contributed by atoms with Crippen molar-refractivity contribution in [1.82, 2.24) is 4.98 Å². The molecule has 11 heavy (non-hydrogen) atoms. The normalized spacial score (nSPS) is 12.5. The van der Waals surface area contributed by atoms with Gasteiger partial charge in [0.1, 0.15) is 6.10 Å². The molecule has 0 aliphatic heterocycles. The number of aliphatic hydroxyl groups excluding tert-OH is 1. The van der Waals surface area contributed by atoms with Crippen molar-refractivity contribution < 1.29 is 9.90 Å². The average molecular weight is 151 g/mol. The smallest absolute Gasteiger partial charge is 0.153 e. The van der Waals surface area contributed by atoms with Gasteiger partial charge in [-0.25, -0.2) is 0 Å². The number of nitrogens with zero attached hydrogens (tertiary/aromatic N) is 1. The van der Waals surface area contributed by atoms with Crippen LogP contribution in [0.3, 0.4) is 0 Å².